The van der Waals surface area contributed by atoms with E-state index >= 15 is 0 Å². The molecule has 0 spiro atoms. The Bertz CT molecular complexity index is 143. The summed E-state index contributed by atoms with van der Waals surface area (Å²) in [5.74, 6) is 0. The number of hydrogen-bond acceptors (Lipinski definition) is 4. The molecule has 0 heterocycles. The van der Waals surface area contributed by atoms with Gasteiger partial charge in [0, 0.05) is 0 Å². The second kappa shape index (κ2) is 30.5. The first-order valence-electron chi connectivity index (χ1n) is 9.05. The summed E-state index contributed by atoms with van der Waals surface area (Å²) in [6.07, 6.45) is 3.92. The van der Waals surface area contributed by atoms with Crippen molar-refractivity contribution in [2.45, 2.75) is 103 Å². The molecule has 0 bridgehead atoms. The minimum absolute atomic E-state index is 0.366. The fourth-order valence-corrected chi connectivity index (χ4v) is 1.27. The van der Waals surface area contributed by atoms with Crippen molar-refractivity contribution in [3.8, 4) is 0 Å². The molecule has 0 rings (SSSR count). The van der Waals surface area contributed by atoms with Gasteiger partial charge in [-0.15, -0.1) is 18.3 Å². The van der Waals surface area contributed by atoms with Crippen LogP contribution in [0, 0.1) is 0 Å². The maximum atomic E-state index is 9.90. The van der Waals surface area contributed by atoms with Gasteiger partial charge in [-0.1, -0.05) is 60.8 Å². The van der Waals surface area contributed by atoms with E-state index in [0.717, 1.165) is 25.8 Å². The molecule has 3 atom stereocenters. The molecular formula is C18H41NO3Sn. The third kappa shape index (κ3) is 71.2. The van der Waals surface area contributed by atoms with E-state index in [9.17, 15) is 15.3 Å². The van der Waals surface area contributed by atoms with Crippen LogP contribution >= 0.6 is 0 Å². The third-order valence-electron chi connectivity index (χ3n) is 2.76. The quantitative estimate of drug-likeness (QED) is 0.459. The van der Waals surface area contributed by atoms with Crippen molar-refractivity contribution in [1.29, 1.82) is 0 Å². The van der Waals surface area contributed by atoms with Crippen LogP contribution in [0.1, 0.15) is 80.6 Å². The Hall–Kier alpha value is 0.639. The Kier molecular flexibility index (Phi) is 41.7. The van der Waals surface area contributed by atoms with Gasteiger partial charge < -0.3 is 15.3 Å². The summed E-state index contributed by atoms with van der Waals surface area (Å²) in [6.45, 7) is 15.1. The van der Waals surface area contributed by atoms with Crippen molar-refractivity contribution in [2.75, 3.05) is 13.1 Å². The normalized spacial score (nSPS) is 13.2. The average molecular weight is 438 g/mol. The Morgan fingerprint density at radius 1 is 0.739 bits per heavy atom. The molecule has 5 heteroatoms. The molecule has 0 aliphatic rings. The Labute approximate surface area is 159 Å². The summed E-state index contributed by atoms with van der Waals surface area (Å²) >= 11 is 1.68. The van der Waals surface area contributed by atoms with Gasteiger partial charge in [0.2, 0.25) is 0 Å². The molecule has 0 amide bonds. The van der Waals surface area contributed by atoms with Gasteiger partial charge in [-0.25, -0.2) is 0 Å². The van der Waals surface area contributed by atoms with E-state index in [4.69, 9.17) is 0 Å². The zero-order chi connectivity index (χ0) is 19.1. The predicted octanol–water partition coefficient (Wildman–Crippen LogP) is 1.40. The van der Waals surface area contributed by atoms with E-state index in [1.807, 2.05) is 20.8 Å². The standard InChI is InChI=1S/C6H14N.3C4H9O.Sn/c1-3-5-6-7-4-2;3*1-3-4(2)5;/h7H,1,3-6H2,2H3;3*4H,3H2,1-2H3;/q;3*-1;+3. The summed E-state index contributed by atoms with van der Waals surface area (Å²) < 4.78 is 1.41. The van der Waals surface area contributed by atoms with Gasteiger partial charge in [0.15, 0.2) is 0 Å². The molecule has 0 saturated heterocycles. The van der Waals surface area contributed by atoms with Crippen LogP contribution in [-0.4, -0.2) is 53.9 Å². The van der Waals surface area contributed by atoms with Crippen LogP contribution in [0.15, 0.2) is 0 Å². The van der Waals surface area contributed by atoms with Crippen LogP contribution in [0.25, 0.3) is 0 Å². The summed E-state index contributed by atoms with van der Waals surface area (Å²) in [5, 5.41) is 33.0. The molecule has 3 unspecified atom stereocenters. The van der Waals surface area contributed by atoms with Crippen molar-refractivity contribution in [3.05, 3.63) is 0 Å². The molecular weight excluding hydrogens is 397 g/mol. The summed E-state index contributed by atoms with van der Waals surface area (Å²) in [5.41, 5.74) is 0. The molecule has 0 aliphatic carbocycles. The second-order valence-electron chi connectivity index (χ2n) is 5.47. The fraction of sp³-hybridized carbons (Fsp3) is 1.00. The van der Waals surface area contributed by atoms with Gasteiger partial charge in [-0.05, 0) is 0 Å². The molecule has 0 fully saturated rings. The number of unbranched alkanes of at least 4 members (excludes halogenated alkanes) is 1. The topological polar surface area (TPSA) is 81.2 Å². The van der Waals surface area contributed by atoms with Gasteiger partial charge in [-0.2, -0.15) is 0 Å². The van der Waals surface area contributed by atoms with E-state index in [1.54, 1.807) is 43.3 Å². The average Bonchev–Trinajstić information content (AvgIpc) is 2.53. The first kappa shape index (κ1) is 31.4. The van der Waals surface area contributed by atoms with Crippen LogP contribution in [-0.2, 0) is 0 Å². The first-order valence-corrected chi connectivity index (χ1v) is 11.1. The summed E-state index contributed by atoms with van der Waals surface area (Å²) in [4.78, 5) is 0. The van der Waals surface area contributed by atoms with Crippen LogP contribution in [0.3, 0.4) is 0 Å². The van der Waals surface area contributed by atoms with E-state index in [-0.39, 0.29) is 18.3 Å². The number of hydrogen-bond donors (Lipinski definition) is 1. The van der Waals surface area contributed by atoms with Gasteiger partial charge in [0.05, 0.1) is 0 Å². The molecule has 0 saturated carbocycles. The van der Waals surface area contributed by atoms with E-state index in [1.165, 1.54) is 23.8 Å². The van der Waals surface area contributed by atoms with Crippen LogP contribution < -0.4 is 20.6 Å². The van der Waals surface area contributed by atoms with Crippen molar-refractivity contribution in [1.82, 2.24) is 5.32 Å². The third-order valence-corrected chi connectivity index (χ3v) is 3.76. The Balaban J connectivity index is -0.000000108. The first-order chi connectivity index (χ1) is 10.7. The van der Waals surface area contributed by atoms with Gasteiger partial charge in [0.1, 0.15) is 0 Å². The monoisotopic (exact) mass is 439 g/mol. The van der Waals surface area contributed by atoms with Gasteiger partial charge in [0.25, 0.3) is 0 Å². The molecule has 4 nitrogen and oxygen atoms in total. The zero-order valence-electron chi connectivity index (χ0n) is 16.6. The van der Waals surface area contributed by atoms with Crippen molar-refractivity contribution >= 4 is 22.5 Å². The van der Waals surface area contributed by atoms with E-state index in [2.05, 4.69) is 12.2 Å². The van der Waals surface area contributed by atoms with E-state index in [0.29, 0.717) is 0 Å². The summed E-state index contributed by atoms with van der Waals surface area (Å²) in [6, 6.07) is 0. The molecule has 23 heavy (non-hydrogen) atoms. The van der Waals surface area contributed by atoms with E-state index < -0.39 is 0 Å². The molecule has 0 radical (unpaired) electrons. The van der Waals surface area contributed by atoms with Crippen LogP contribution in [0.5, 0.6) is 0 Å². The maximum absolute atomic E-state index is 9.90. The van der Waals surface area contributed by atoms with Crippen molar-refractivity contribution in [3.63, 3.8) is 0 Å². The summed E-state index contributed by atoms with van der Waals surface area (Å²) in [7, 11) is 0. The molecule has 0 aromatic rings. The van der Waals surface area contributed by atoms with Gasteiger partial charge in [-0.3, -0.25) is 0 Å². The van der Waals surface area contributed by atoms with Crippen molar-refractivity contribution in [2.24, 2.45) is 0 Å². The van der Waals surface area contributed by atoms with Crippen molar-refractivity contribution < 1.29 is 15.3 Å². The molecule has 0 aliphatic heterocycles. The SMILES string of the molecule is CCC(C)[O-].CCC(C)[O-].CCC(C)[O-].CCNCCC[CH2][Sn+3]. The second-order valence-corrected chi connectivity index (χ2v) is 6.89. The molecule has 0 aromatic carbocycles. The van der Waals surface area contributed by atoms with Gasteiger partial charge >= 0.3 is 65.1 Å². The Morgan fingerprint density at radius 3 is 1.22 bits per heavy atom. The zero-order valence-corrected chi connectivity index (χ0v) is 19.5. The molecule has 0 aromatic heterocycles. The van der Waals surface area contributed by atoms with Crippen LogP contribution in [0.4, 0.5) is 0 Å². The fourth-order valence-electron chi connectivity index (χ4n) is 0.552. The number of nitrogens with one attached hydrogen (secondary N) is 1. The Morgan fingerprint density at radius 2 is 1.04 bits per heavy atom. The van der Waals surface area contributed by atoms with Crippen LogP contribution in [0.2, 0.25) is 4.44 Å². The minimum atomic E-state index is -0.366. The molecule has 140 valence electrons. The number of rotatable bonds is 8. The molecule has 1 N–H and O–H groups in total. The predicted molar refractivity (Wildman–Crippen MR) is 97.6 cm³/mol.